The summed E-state index contributed by atoms with van der Waals surface area (Å²) in [6.45, 7) is 1.97. The molecule has 3 unspecified atom stereocenters. The molecule has 2 fully saturated rings. The van der Waals surface area contributed by atoms with Gasteiger partial charge in [-0.15, -0.1) is 0 Å². The first-order valence-electron chi connectivity index (χ1n) is 11.2. The average molecular weight is 572 g/mol. The number of phenolic OH excluding ortho intramolecular Hbond substituents is 1. The quantitative estimate of drug-likeness (QED) is 0.257. The summed E-state index contributed by atoms with van der Waals surface area (Å²) in [6, 6.07) is 13.1. The first-order chi connectivity index (χ1) is 17.7. The molecule has 0 radical (unpaired) electrons. The van der Waals surface area contributed by atoms with Crippen LogP contribution in [0, 0.1) is 21.8 Å². The summed E-state index contributed by atoms with van der Waals surface area (Å²) in [7, 11) is 0. The van der Waals surface area contributed by atoms with Crippen LogP contribution in [0.5, 0.6) is 11.5 Å². The maximum absolute atomic E-state index is 14.6. The van der Waals surface area contributed by atoms with Gasteiger partial charge in [-0.1, -0.05) is 18.2 Å². The predicted octanol–water partition coefficient (Wildman–Crippen LogP) is 4.65. The summed E-state index contributed by atoms with van der Waals surface area (Å²) in [4.78, 5) is 44.6. The number of anilines is 2. The van der Waals surface area contributed by atoms with E-state index in [-0.39, 0.29) is 39.6 Å². The van der Waals surface area contributed by atoms with E-state index >= 15 is 0 Å². The Balaban J connectivity index is 1.65. The van der Waals surface area contributed by atoms with Crippen molar-refractivity contribution in [3.63, 3.8) is 0 Å². The van der Waals surface area contributed by atoms with Gasteiger partial charge in [0, 0.05) is 12.1 Å². The molecule has 190 valence electrons. The third-order valence-corrected chi connectivity index (χ3v) is 6.80. The number of phenols is 1. The van der Waals surface area contributed by atoms with E-state index in [1.807, 2.05) is 0 Å². The van der Waals surface area contributed by atoms with Gasteiger partial charge in [0.1, 0.15) is 11.7 Å². The molecule has 2 amide bonds. The van der Waals surface area contributed by atoms with Gasteiger partial charge < -0.3 is 9.84 Å². The minimum Gasteiger partial charge on any atom is -0.503 e. The summed E-state index contributed by atoms with van der Waals surface area (Å²) >= 11 is 3.29. The highest BCUT2D eigenvalue weighted by Gasteiger charge is 2.60. The predicted molar refractivity (Wildman–Crippen MR) is 133 cm³/mol. The van der Waals surface area contributed by atoms with Crippen LogP contribution >= 0.6 is 15.9 Å². The van der Waals surface area contributed by atoms with Crippen LogP contribution in [0.25, 0.3) is 0 Å². The Morgan fingerprint density at radius 3 is 2.59 bits per heavy atom. The number of aromatic hydroxyl groups is 1. The molecule has 3 atom stereocenters. The molecule has 5 rings (SSSR count). The number of non-ortho nitro benzene ring substituents is 1. The Bertz CT molecular complexity index is 1440. The SMILES string of the molecule is CCOc1cc(C2C3C(=O)N(c4ccccc4F)C(=O)C3ON2c2cccc([N+](=O)[O-])c2)cc(Br)c1O. The van der Waals surface area contributed by atoms with Gasteiger partial charge >= 0.3 is 0 Å². The smallest absolute Gasteiger partial charge is 0.271 e. The van der Waals surface area contributed by atoms with Crippen LogP contribution in [-0.2, 0) is 14.4 Å². The van der Waals surface area contributed by atoms with Crippen molar-refractivity contribution in [2.24, 2.45) is 5.92 Å². The highest BCUT2D eigenvalue weighted by molar-refractivity contribution is 9.10. The standard InChI is InChI=1S/C25H19BrFN3O7/c1-2-36-19-11-13(10-16(26)22(19)31)21-20-23(37-29(21)14-6-5-7-15(12-14)30(34)35)25(33)28(24(20)32)18-9-4-3-8-17(18)27/h3-12,20-21,23,31H,2H2,1H3. The highest BCUT2D eigenvalue weighted by Crippen LogP contribution is 2.50. The van der Waals surface area contributed by atoms with Crippen molar-refractivity contribution in [2.45, 2.75) is 19.1 Å². The van der Waals surface area contributed by atoms with Crippen LogP contribution in [0.2, 0.25) is 0 Å². The lowest BCUT2D eigenvalue weighted by atomic mass is 9.90. The largest absolute Gasteiger partial charge is 0.503 e. The van der Waals surface area contributed by atoms with Crippen LogP contribution in [0.15, 0.2) is 65.1 Å². The number of benzene rings is 3. The molecule has 2 aliphatic rings. The zero-order valence-corrected chi connectivity index (χ0v) is 20.8. The van der Waals surface area contributed by atoms with Crippen molar-refractivity contribution in [3.05, 3.63) is 86.6 Å². The Morgan fingerprint density at radius 1 is 1.14 bits per heavy atom. The summed E-state index contributed by atoms with van der Waals surface area (Å²) in [5, 5.41) is 23.1. The molecular formula is C25H19BrFN3O7. The Morgan fingerprint density at radius 2 is 1.89 bits per heavy atom. The molecule has 10 nitrogen and oxygen atoms in total. The second kappa shape index (κ2) is 9.45. The van der Waals surface area contributed by atoms with Gasteiger partial charge in [-0.2, -0.15) is 0 Å². The number of nitro benzene ring substituents is 1. The van der Waals surface area contributed by atoms with E-state index in [2.05, 4.69) is 15.9 Å². The zero-order chi connectivity index (χ0) is 26.4. The van der Waals surface area contributed by atoms with Crippen molar-refractivity contribution < 1.29 is 33.6 Å². The number of nitrogens with zero attached hydrogens (tertiary/aromatic N) is 3. The maximum Gasteiger partial charge on any atom is 0.271 e. The Labute approximate surface area is 218 Å². The number of hydroxylamine groups is 1. The second-order valence-corrected chi connectivity index (χ2v) is 9.20. The summed E-state index contributed by atoms with van der Waals surface area (Å²) in [6.07, 6.45) is -1.32. The molecule has 2 aliphatic heterocycles. The van der Waals surface area contributed by atoms with Crippen LogP contribution in [0.4, 0.5) is 21.5 Å². The van der Waals surface area contributed by atoms with Gasteiger partial charge in [0.15, 0.2) is 17.6 Å². The molecule has 0 aromatic heterocycles. The highest BCUT2D eigenvalue weighted by atomic mass is 79.9. The first kappa shape index (κ1) is 24.7. The molecule has 0 bridgehead atoms. The lowest BCUT2D eigenvalue weighted by Crippen LogP contribution is -2.37. The molecule has 2 saturated heterocycles. The number of carbonyl (C=O) groups is 2. The summed E-state index contributed by atoms with van der Waals surface area (Å²) in [5.41, 5.74) is 0.236. The monoisotopic (exact) mass is 571 g/mol. The van der Waals surface area contributed by atoms with Crippen LogP contribution in [0.3, 0.4) is 0 Å². The maximum atomic E-state index is 14.6. The number of nitro groups is 1. The topological polar surface area (TPSA) is 122 Å². The van der Waals surface area contributed by atoms with Gasteiger partial charge in [0.05, 0.1) is 33.4 Å². The minimum absolute atomic E-state index is 0.122. The van der Waals surface area contributed by atoms with E-state index in [0.29, 0.717) is 5.56 Å². The summed E-state index contributed by atoms with van der Waals surface area (Å²) < 4.78 is 20.4. The molecule has 0 saturated carbocycles. The van der Waals surface area contributed by atoms with E-state index in [1.54, 1.807) is 19.1 Å². The fraction of sp³-hybridized carbons (Fsp3) is 0.200. The molecule has 0 spiro atoms. The van der Waals surface area contributed by atoms with Gasteiger partial charge in [0.25, 0.3) is 11.6 Å². The number of fused-ring (bicyclic) bond motifs is 1. The van der Waals surface area contributed by atoms with Gasteiger partial charge in [-0.05, 0) is 58.7 Å². The number of hydrogen-bond donors (Lipinski definition) is 1. The van der Waals surface area contributed by atoms with Crippen molar-refractivity contribution in [3.8, 4) is 11.5 Å². The fourth-order valence-electron chi connectivity index (χ4n) is 4.62. The van der Waals surface area contributed by atoms with E-state index < -0.39 is 40.6 Å². The van der Waals surface area contributed by atoms with Crippen molar-refractivity contribution in [2.75, 3.05) is 16.6 Å². The zero-order valence-electron chi connectivity index (χ0n) is 19.2. The number of imide groups is 1. The lowest BCUT2D eigenvalue weighted by Gasteiger charge is -2.29. The number of rotatable bonds is 6. The third-order valence-electron chi connectivity index (χ3n) is 6.20. The molecule has 12 heteroatoms. The molecule has 3 aromatic carbocycles. The van der Waals surface area contributed by atoms with Crippen molar-refractivity contribution in [1.29, 1.82) is 0 Å². The van der Waals surface area contributed by atoms with Gasteiger partial charge in [0.2, 0.25) is 5.91 Å². The number of hydrogen-bond acceptors (Lipinski definition) is 8. The number of amides is 2. The van der Waals surface area contributed by atoms with E-state index in [4.69, 9.17) is 9.57 Å². The number of para-hydroxylation sites is 1. The van der Waals surface area contributed by atoms with E-state index in [0.717, 1.165) is 11.0 Å². The van der Waals surface area contributed by atoms with E-state index in [1.165, 1.54) is 47.5 Å². The normalized spacial score (nSPS) is 20.9. The molecule has 0 aliphatic carbocycles. The Kier molecular flexibility index (Phi) is 6.30. The minimum atomic E-state index is -1.32. The molecule has 37 heavy (non-hydrogen) atoms. The number of halogens is 2. The summed E-state index contributed by atoms with van der Waals surface area (Å²) in [5.74, 6) is -3.37. The van der Waals surface area contributed by atoms with Gasteiger partial charge in [-0.25, -0.2) is 14.4 Å². The number of ether oxygens (including phenoxy) is 1. The van der Waals surface area contributed by atoms with E-state index in [9.17, 15) is 29.2 Å². The lowest BCUT2D eigenvalue weighted by molar-refractivity contribution is -0.384. The molecule has 3 aromatic rings. The number of carbonyl (C=O) groups excluding carboxylic acids is 2. The van der Waals surface area contributed by atoms with Crippen molar-refractivity contribution in [1.82, 2.24) is 0 Å². The molecule has 2 heterocycles. The van der Waals surface area contributed by atoms with Crippen LogP contribution in [0.1, 0.15) is 18.5 Å². The van der Waals surface area contributed by atoms with Crippen LogP contribution < -0.4 is 14.7 Å². The van der Waals surface area contributed by atoms with Crippen molar-refractivity contribution >= 4 is 44.8 Å². The first-order valence-corrected chi connectivity index (χ1v) is 12.0. The average Bonchev–Trinajstić information content (AvgIpc) is 3.38. The fourth-order valence-corrected chi connectivity index (χ4v) is 5.08. The molecular weight excluding hydrogens is 553 g/mol. The Hall–Kier alpha value is -4.03. The van der Waals surface area contributed by atoms with Gasteiger partial charge in [-0.3, -0.25) is 24.5 Å². The molecule has 1 N–H and O–H groups in total. The van der Waals surface area contributed by atoms with Crippen LogP contribution in [-0.4, -0.2) is 34.6 Å². The third kappa shape index (κ3) is 4.07. The second-order valence-electron chi connectivity index (χ2n) is 8.35.